The van der Waals surface area contributed by atoms with Gasteiger partial charge in [0.15, 0.2) is 5.11 Å². The Kier molecular flexibility index (Phi) is 5.72. The smallest absolute Gasteiger partial charge is 0.267 e. The van der Waals surface area contributed by atoms with Crippen LogP contribution in [0.3, 0.4) is 0 Å². The molecule has 0 bridgehead atoms. The molecule has 138 valence electrons. The second kappa shape index (κ2) is 8.18. The predicted octanol–water partition coefficient (Wildman–Crippen LogP) is 1.69. The van der Waals surface area contributed by atoms with Crippen LogP contribution in [-0.4, -0.2) is 35.6 Å². The molecule has 1 aliphatic heterocycles. The summed E-state index contributed by atoms with van der Waals surface area (Å²) in [6, 6.07) is 7.21. The molecule has 0 atom stereocenters. The van der Waals surface area contributed by atoms with Gasteiger partial charge >= 0.3 is 0 Å². The van der Waals surface area contributed by atoms with Crippen LogP contribution in [0.15, 0.2) is 29.1 Å². The molecule has 1 aliphatic rings. The van der Waals surface area contributed by atoms with Crippen molar-refractivity contribution in [1.29, 1.82) is 0 Å². The van der Waals surface area contributed by atoms with Gasteiger partial charge in [0.1, 0.15) is 23.8 Å². The normalized spacial score (nSPS) is 11.8. The summed E-state index contributed by atoms with van der Waals surface area (Å²) in [7, 11) is 3.40. The zero-order valence-electron chi connectivity index (χ0n) is 14.9. The fourth-order valence-electron chi connectivity index (χ4n) is 2.80. The van der Waals surface area contributed by atoms with Crippen LogP contribution in [0.5, 0.6) is 11.5 Å². The maximum atomic E-state index is 12.3. The lowest BCUT2D eigenvalue weighted by Crippen LogP contribution is -2.33. The molecule has 26 heavy (non-hydrogen) atoms. The van der Waals surface area contributed by atoms with Crippen molar-refractivity contribution >= 4 is 17.3 Å². The molecule has 0 amide bonds. The average Bonchev–Trinajstić information content (AvgIpc) is 2.67. The van der Waals surface area contributed by atoms with Gasteiger partial charge in [0.2, 0.25) is 0 Å². The van der Waals surface area contributed by atoms with E-state index in [1.807, 2.05) is 18.2 Å². The largest absolute Gasteiger partial charge is 0.497 e. The van der Waals surface area contributed by atoms with E-state index in [0.717, 1.165) is 47.7 Å². The van der Waals surface area contributed by atoms with Crippen LogP contribution in [0.25, 0.3) is 11.3 Å². The number of aromatic nitrogens is 2. The molecule has 0 saturated heterocycles. The summed E-state index contributed by atoms with van der Waals surface area (Å²) in [6.45, 7) is 1.66. The first-order valence-electron chi connectivity index (χ1n) is 8.50. The molecule has 0 unspecified atom stereocenters. The van der Waals surface area contributed by atoms with E-state index in [9.17, 15) is 4.79 Å². The second-order valence-corrected chi connectivity index (χ2v) is 6.35. The minimum atomic E-state index is -0.114. The van der Waals surface area contributed by atoms with Crippen LogP contribution in [0, 0.1) is 0 Å². The zero-order chi connectivity index (χ0) is 18.5. The number of benzene rings is 1. The minimum Gasteiger partial charge on any atom is -0.497 e. The van der Waals surface area contributed by atoms with Crippen LogP contribution in [0.1, 0.15) is 18.4 Å². The second-order valence-electron chi connectivity index (χ2n) is 5.94. The summed E-state index contributed by atoms with van der Waals surface area (Å²) in [5.41, 5.74) is 2.31. The van der Waals surface area contributed by atoms with Crippen molar-refractivity contribution in [1.82, 2.24) is 20.4 Å². The Bertz CT molecular complexity index is 866. The highest BCUT2D eigenvalue weighted by molar-refractivity contribution is 7.80. The standard InChI is InChI=1S/C18H22N4O3S/c1-19-18(26)20-7-3-4-8-22-16(23)9-12-11-25-15-6-5-13(24-2)10-14(15)17(12)21-22/h5-6,9-10H,3-4,7-8,11H2,1-2H3,(H2,19,20,26). The number of nitrogens with one attached hydrogen (secondary N) is 2. The summed E-state index contributed by atoms with van der Waals surface area (Å²) in [5, 5.41) is 11.2. The molecule has 1 aromatic carbocycles. The van der Waals surface area contributed by atoms with Crippen LogP contribution < -0.4 is 25.7 Å². The van der Waals surface area contributed by atoms with Gasteiger partial charge in [-0.3, -0.25) is 4.79 Å². The van der Waals surface area contributed by atoms with Gasteiger partial charge in [-0.25, -0.2) is 4.68 Å². The summed E-state index contributed by atoms with van der Waals surface area (Å²) >= 11 is 5.03. The van der Waals surface area contributed by atoms with E-state index in [1.165, 1.54) is 4.68 Å². The molecule has 2 heterocycles. The highest BCUT2D eigenvalue weighted by Gasteiger charge is 2.21. The van der Waals surface area contributed by atoms with E-state index in [1.54, 1.807) is 20.2 Å². The molecule has 2 aromatic rings. The number of thiocarbonyl (C=S) groups is 1. The van der Waals surface area contributed by atoms with E-state index >= 15 is 0 Å². The van der Waals surface area contributed by atoms with E-state index < -0.39 is 0 Å². The maximum absolute atomic E-state index is 12.3. The van der Waals surface area contributed by atoms with Gasteiger partial charge in [-0.15, -0.1) is 0 Å². The fourth-order valence-corrected chi connectivity index (χ4v) is 2.90. The van der Waals surface area contributed by atoms with Gasteiger partial charge in [0.05, 0.1) is 7.11 Å². The number of ether oxygens (including phenoxy) is 2. The summed E-state index contributed by atoms with van der Waals surface area (Å²) in [6.07, 6.45) is 1.72. The van der Waals surface area contributed by atoms with Gasteiger partial charge in [-0.05, 0) is 43.3 Å². The number of fused-ring (bicyclic) bond motifs is 3. The minimum absolute atomic E-state index is 0.114. The van der Waals surface area contributed by atoms with Crippen molar-refractivity contribution in [2.45, 2.75) is 26.0 Å². The maximum Gasteiger partial charge on any atom is 0.267 e. The first-order chi connectivity index (χ1) is 12.6. The Hall–Kier alpha value is -2.61. The molecule has 7 nitrogen and oxygen atoms in total. The van der Waals surface area contributed by atoms with Crippen molar-refractivity contribution in [3.05, 3.63) is 40.2 Å². The quantitative estimate of drug-likeness (QED) is 0.588. The number of aryl methyl sites for hydroxylation is 1. The topological polar surface area (TPSA) is 77.4 Å². The Labute approximate surface area is 157 Å². The molecule has 0 radical (unpaired) electrons. The molecular weight excluding hydrogens is 352 g/mol. The molecule has 0 aliphatic carbocycles. The highest BCUT2D eigenvalue weighted by atomic mass is 32.1. The third-order valence-electron chi connectivity index (χ3n) is 4.21. The van der Waals surface area contributed by atoms with Gasteiger partial charge in [-0.1, -0.05) is 0 Å². The van der Waals surface area contributed by atoms with E-state index in [2.05, 4.69) is 15.7 Å². The molecule has 0 saturated carbocycles. The van der Waals surface area contributed by atoms with Crippen molar-refractivity contribution < 1.29 is 9.47 Å². The van der Waals surface area contributed by atoms with E-state index in [-0.39, 0.29) is 5.56 Å². The Morgan fingerprint density at radius 1 is 1.38 bits per heavy atom. The van der Waals surface area contributed by atoms with Gasteiger partial charge < -0.3 is 20.1 Å². The molecule has 2 N–H and O–H groups in total. The zero-order valence-corrected chi connectivity index (χ0v) is 15.7. The summed E-state index contributed by atoms with van der Waals surface area (Å²) in [5.74, 6) is 1.48. The Morgan fingerprint density at radius 3 is 3.00 bits per heavy atom. The molecule has 0 spiro atoms. The Morgan fingerprint density at radius 2 is 2.23 bits per heavy atom. The van der Waals surface area contributed by atoms with E-state index in [4.69, 9.17) is 21.7 Å². The lowest BCUT2D eigenvalue weighted by atomic mass is 10.0. The van der Waals surface area contributed by atoms with Gasteiger partial charge in [0.25, 0.3) is 5.56 Å². The van der Waals surface area contributed by atoms with Crippen molar-refractivity contribution in [3.63, 3.8) is 0 Å². The van der Waals surface area contributed by atoms with Crippen molar-refractivity contribution in [3.8, 4) is 22.8 Å². The first kappa shape index (κ1) is 18.2. The lowest BCUT2D eigenvalue weighted by molar-refractivity contribution is 0.299. The number of rotatable bonds is 6. The summed E-state index contributed by atoms with van der Waals surface area (Å²) in [4.78, 5) is 12.3. The average molecular weight is 374 g/mol. The van der Waals surface area contributed by atoms with Crippen molar-refractivity contribution in [2.75, 3.05) is 20.7 Å². The number of methoxy groups -OCH3 is 1. The monoisotopic (exact) mass is 374 g/mol. The Balaban J connectivity index is 1.75. The number of nitrogens with zero attached hydrogens (tertiary/aromatic N) is 2. The van der Waals surface area contributed by atoms with Crippen molar-refractivity contribution in [2.24, 2.45) is 0 Å². The van der Waals surface area contributed by atoms with Gasteiger partial charge in [0, 0.05) is 37.3 Å². The molecular formula is C18H22N4O3S. The van der Waals surface area contributed by atoms with E-state index in [0.29, 0.717) is 18.3 Å². The number of hydrogen-bond acceptors (Lipinski definition) is 5. The van der Waals surface area contributed by atoms with Crippen LogP contribution in [0.4, 0.5) is 0 Å². The third kappa shape index (κ3) is 3.96. The fraction of sp³-hybridized carbons (Fsp3) is 0.389. The number of hydrogen-bond donors (Lipinski definition) is 2. The molecule has 8 heteroatoms. The number of unbranched alkanes of at least 4 members (excludes halogenated alkanes) is 1. The van der Waals surface area contributed by atoms with Crippen LogP contribution in [0.2, 0.25) is 0 Å². The molecule has 3 rings (SSSR count). The van der Waals surface area contributed by atoms with Crippen LogP contribution >= 0.6 is 12.2 Å². The molecule has 1 aromatic heterocycles. The summed E-state index contributed by atoms with van der Waals surface area (Å²) < 4.78 is 12.5. The third-order valence-corrected chi connectivity index (χ3v) is 4.56. The van der Waals surface area contributed by atoms with Gasteiger partial charge in [-0.2, -0.15) is 5.10 Å². The predicted molar refractivity (Wildman–Crippen MR) is 104 cm³/mol. The SMILES string of the molecule is CNC(=S)NCCCCn1nc2c(cc1=O)COc1ccc(OC)cc1-2. The lowest BCUT2D eigenvalue weighted by Gasteiger charge is -2.21. The first-order valence-corrected chi connectivity index (χ1v) is 8.91. The molecule has 0 fully saturated rings. The highest BCUT2D eigenvalue weighted by Crippen LogP contribution is 2.37. The van der Waals surface area contributed by atoms with Crippen LogP contribution in [-0.2, 0) is 13.2 Å².